The van der Waals surface area contributed by atoms with E-state index in [9.17, 15) is 14.9 Å². The highest BCUT2D eigenvalue weighted by molar-refractivity contribution is 7.99. The van der Waals surface area contributed by atoms with E-state index in [2.05, 4.69) is 22.4 Å². The maximum absolute atomic E-state index is 12.2. The Labute approximate surface area is 159 Å². The summed E-state index contributed by atoms with van der Waals surface area (Å²) in [6.45, 7) is 2.07. The van der Waals surface area contributed by atoms with E-state index >= 15 is 0 Å². The number of aryl methyl sites for hydroxylation is 1. The van der Waals surface area contributed by atoms with Crippen molar-refractivity contribution < 1.29 is 9.72 Å². The number of nitrogens with zero attached hydrogens (tertiary/aromatic N) is 4. The fourth-order valence-electron chi connectivity index (χ4n) is 2.56. The van der Waals surface area contributed by atoms with Crippen molar-refractivity contribution in [3.8, 4) is 5.69 Å². The predicted molar refractivity (Wildman–Crippen MR) is 103 cm³/mol. The number of non-ortho nitro benzene ring substituents is 1. The fraction of sp³-hybridized carbons (Fsp3) is 0.167. The van der Waals surface area contributed by atoms with Gasteiger partial charge in [0.05, 0.1) is 16.4 Å². The Hall–Kier alpha value is -3.20. The molecule has 9 heteroatoms. The van der Waals surface area contributed by atoms with Gasteiger partial charge in [0.2, 0.25) is 5.91 Å². The molecule has 0 unspecified atom stereocenters. The van der Waals surface area contributed by atoms with Crippen LogP contribution in [-0.4, -0.2) is 31.3 Å². The molecule has 0 aliphatic carbocycles. The number of carbonyl (C=O) groups excluding carboxylic acids is 1. The van der Waals surface area contributed by atoms with Crippen LogP contribution in [0.1, 0.15) is 12.5 Å². The van der Waals surface area contributed by atoms with Crippen molar-refractivity contribution in [1.29, 1.82) is 0 Å². The van der Waals surface area contributed by atoms with Gasteiger partial charge in [0.25, 0.3) is 5.69 Å². The molecule has 3 rings (SSSR count). The number of nitro groups is 1. The van der Waals surface area contributed by atoms with Crippen LogP contribution in [0.15, 0.2) is 60.0 Å². The number of nitro benzene ring substituents is 1. The molecule has 138 valence electrons. The first-order chi connectivity index (χ1) is 13.1. The van der Waals surface area contributed by atoms with Crippen molar-refractivity contribution in [1.82, 2.24) is 14.8 Å². The zero-order chi connectivity index (χ0) is 19.2. The highest BCUT2D eigenvalue weighted by Gasteiger charge is 2.13. The molecule has 0 atom stereocenters. The van der Waals surface area contributed by atoms with Crippen LogP contribution >= 0.6 is 11.8 Å². The molecule has 27 heavy (non-hydrogen) atoms. The normalized spacial score (nSPS) is 10.6. The number of amides is 1. The van der Waals surface area contributed by atoms with Gasteiger partial charge in [-0.15, -0.1) is 10.2 Å². The van der Waals surface area contributed by atoms with Crippen LogP contribution in [-0.2, 0) is 11.2 Å². The number of carbonyl (C=O) groups is 1. The van der Waals surface area contributed by atoms with Gasteiger partial charge in [-0.05, 0) is 24.1 Å². The first kappa shape index (κ1) is 18.6. The lowest BCUT2D eigenvalue weighted by atomic mass is 10.1. The Balaban J connectivity index is 1.68. The van der Waals surface area contributed by atoms with Crippen molar-refractivity contribution in [2.24, 2.45) is 0 Å². The summed E-state index contributed by atoms with van der Waals surface area (Å²) < 4.78 is 1.85. The summed E-state index contributed by atoms with van der Waals surface area (Å²) in [5.41, 5.74) is 2.44. The van der Waals surface area contributed by atoms with Gasteiger partial charge >= 0.3 is 0 Å². The number of hydrogen-bond donors (Lipinski definition) is 1. The molecule has 0 radical (unpaired) electrons. The van der Waals surface area contributed by atoms with Gasteiger partial charge in [-0.1, -0.05) is 43.0 Å². The Morgan fingerprint density at radius 1 is 1.26 bits per heavy atom. The SMILES string of the molecule is CCc1ccccc1-n1cnnc1SCC(=O)Nc1cccc([N+](=O)[O-])c1. The molecular weight excluding hydrogens is 366 g/mol. The van der Waals surface area contributed by atoms with Crippen LogP contribution in [0.3, 0.4) is 0 Å². The number of thioether (sulfide) groups is 1. The summed E-state index contributed by atoms with van der Waals surface area (Å²) in [5.74, 6) is -0.172. The molecule has 8 nitrogen and oxygen atoms in total. The minimum atomic E-state index is -0.502. The third-order valence-electron chi connectivity index (χ3n) is 3.82. The summed E-state index contributed by atoms with van der Waals surface area (Å²) in [6.07, 6.45) is 2.49. The number of aromatic nitrogens is 3. The van der Waals surface area contributed by atoms with E-state index in [-0.39, 0.29) is 17.3 Å². The summed E-state index contributed by atoms with van der Waals surface area (Å²) in [7, 11) is 0. The minimum Gasteiger partial charge on any atom is -0.325 e. The van der Waals surface area contributed by atoms with Gasteiger partial charge in [-0.3, -0.25) is 19.5 Å². The lowest BCUT2D eigenvalue weighted by molar-refractivity contribution is -0.384. The van der Waals surface area contributed by atoms with Crippen molar-refractivity contribution in [3.05, 3.63) is 70.5 Å². The molecule has 3 aromatic rings. The van der Waals surface area contributed by atoms with E-state index in [0.717, 1.165) is 17.7 Å². The third-order valence-corrected chi connectivity index (χ3v) is 4.76. The highest BCUT2D eigenvalue weighted by atomic mass is 32.2. The quantitative estimate of drug-likeness (QED) is 0.381. The molecule has 2 aromatic carbocycles. The number of benzene rings is 2. The predicted octanol–water partition coefficient (Wildman–Crippen LogP) is 3.47. The standard InChI is InChI=1S/C18H17N5O3S/c1-2-13-6-3-4-9-16(13)22-12-19-21-18(22)27-11-17(24)20-14-7-5-8-15(10-14)23(25)26/h3-10,12H,2,11H2,1H3,(H,20,24). The molecule has 0 saturated carbocycles. The summed E-state index contributed by atoms with van der Waals surface area (Å²) in [6, 6.07) is 13.8. The summed E-state index contributed by atoms with van der Waals surface area (Å²) >= 11 is 1.25. The Morgan fingerprint density at radius 2 is 2.07 bits per heavy atom. The zero-order valence-electron chi connectivity index (χ0n) is 14.5. The van der Waals surface area contributed by atoms with E-state index in [1.807, 2.05) is 28.8 Å². The van der Waals surface area contributed by atoms with Gasteiger partial charge in [0.15, 0.2) is 5.16 Å². The number of anilines is 1. The van der Waals surface area contributed by atoms with Crippen LogP contribution in [0.4, 0.5) is 11.4 Å². The maximum atomic E-state index is 12.2. The van der Waals surface area contributed by atoms with Gasteiger partial charge in [-0.25, -0.2) is 0 Å². The number of nitrogens with one attached hydrogen (secondary N) is 1. The highest BCUT2D eigenvalue weighted by Crippen LogP contribution is 2.23. The fourth-order valence-corrected chi connectivity index (χ4v) is 3.28. The molecule has 0 saturated heterocycles. The average molecular weight is 383 g/mol. The molecular formula is C18H17N5O3S. The van der Waals surface area contributed by atoms with Crippen LogP contribution < -0.4 is 5.32 Å². The van der Waals surface area contributed by atoms with E-state index in [1.165, 1.54) is 30.0 Å². The zero-order valence-corrected chi connectivity index (χ0v) is 15.3. The molecule has 0 aliphatic heterocycles. The van der Waals surface area contributed by atoms with Crippen molar-refractivity contribution in [2.75, 3.05) is 11.1 Å². The average Bonchev–Trinajstić information content (AvgIpc) is 3.15. The second kappa shape index (κ2) is 8.45. The number of rotatable bonds is 7. The molecule has 0 spiro atoms. The molecule has 1 amide bonds. The molecule has 0 bridgehead atoms. The monoisotopic (exact) mass is 383 g/mol. The first-order valence-corrected chi connectivity index (χ1v) is 9.22. The van der Waals surface area contributed by atoms with Crippen LogP contribution in [0.25, 0.3) is 5.69 Å². The van der Waals surface area contributed by atoms with Gasteiger partial charge in [-0.2, -0.15) is 0 Å². The number of para-hydroxylation sites is 1. The van der Waals surface area contributed by atoms with Crippen molar-refractivity contribution >= 4 is 29.0 Å². The Morgan fingerprint density at radius 3 is 2.85 bits per heavy atom. The Kier molecular flexibility index (Phi) is 5.82. The first-order valence-electron chi connectivity index (χ1n) is 8.24. The second-order valence-electron chi connectivity index (χ2n) is 5.61. The van der Waals surface area contributed by atoms with Crippen molar-refractivity contribution in [3.63, 3.8) is 0 Å². The second-order valence-corrected chi connectivity index (χ2v) is 6.55. The van der Waals surface area contributed by atoms with Crippen molar-refractivity contribution in [2.45, 2.75) is 18.5 Å². The van der Waals surface area contributed by atoms with Gasteiger partial charge < -0.3 is 5.32 Å². The Bertz CT molecular complexity index is 973. The van der Waals surface area contributed by atoms with E-state index in [0.29, 0.717) is 10.8 Å². The van der Waals surface area contributed by atoms with Gasteiger partial charge in [0, 0.05) is 17.8 Å². The molecule has 0 aliphatic rings. The third kappa shape index (κ3) is 4.50. The largest absolute Gasteiger partial charge is 0.325 e. The summed E-state index contributed by atoms with van der Waals surface area (Å²) in [4.78, 5) is 22.5. The summed E-state index contributed by atoms with van der Waals surface area (Å²) in [5, 5.41) is 22.1. The molecule has 1 heterocycles. The maximum Gasteiger partial charge on any atom is 0.271 e. The lowest BCUT2D eigenvalue weighted by Gasteiger charge is -2.10. The van der Waals surface area contributed by atoms with E-state index in [1.54, 1.807) is 12.4 Å². The van der Waals surface area contributed by atoms with Crippen LogP contribution in [0, 0.1) is 10.1 Å². The smallest absolute Gasteiger partial charge is 0.271 e. The van der Waals surface area contributed by atoms with Crippen LogP contribution in [0.5, 0.6) is 0 Å². The molecule has 1 N–H and O–H groups in total. The van der Waals surface area contributed by atoms with E-state index in [4.69, 9.17) is 0 Å². The van der Waals surface area contributed by atoms with E-state index < -0.39 is 4.92 Å². The minimum absolute atomic E-state index is 0.0728. The van der Waals surface area contributed by atoms with Gasteiger partial charge in [0.1, 0.15) is 6.33 Å². The molecule has 0 fully saturated rings. The topological polar surface area (TPSA) is 103 Å². The lowest BCUT2D eigenvalue weighted by Crippen LogP contribution is -2.14. The number of hydrogen-bond acceptors (Lipinski definition) is 6. The molecule has 1 aromatic heterocycles. The van der Waals surface area contributed by atoms with Crippen LogP contribution in [0.2, 0.25) is 0 Å².